The number of aliphatic hydroxyl groups is 1. The zero-order valence-corrected chi connectivity index (χ0v) is 12.2. The Labute approximate surface area is 123 Å². The summed E-state index contributed by atoms with van der Waals surface area (Å²) in [6, 6.07) is 8.53. The molecule has 2 N–H and O–H groups in total. The van der Waals surface area contributed by atoms with Crippen LogP contribution in [-0.4, -0.2) is 33.5 Å². The molecule has 0 spiro atoms. The fourth-order valence-electron chi connectivity index (χ4n) is 4.04. The van der Waals surface area contributed by atoms with E-state index in [1.807, 2.05) is 11.0 Å². The molecular formula is C17H20N2O2. The molecule has 2 aliphatic heterocycles. The second-order valence-electron chi connectivity index (χ2n) is 6.38. The minimum absolute atomic E-state index is 0.0348. The largest absolute Gasteiger partial charge is 0.393 e. The molecule has 0 radical (unpaired) electrons. The van der Waals surface area contributed by atoms with Gasteiger partial charge in [-0.2, -0.15) is 0 Å². The van der Waals surface area contributed by atoms with E-state index < -0.39 is 6.10 Å². The van der Waals surface area contributed by atoms with E-state index in [2.05, 4.69) is 23.2 Å². The van der Waals surface area contributed by atoms with Gasteiger partial charge in [-0.1, -0.05) is 18.2 Å². The summed E-state index contributed by atoms with van der Waals surface area (Å²) in [7, 11) is 0. The number of hydrogen-bond donors (Lipinski definition) is 2. The van der Waals surface area contributed by atoms with Gasteiger partial charge < -0.3 is 15.0 Å². The summed E-state index contributed by atoms with van der Waals surface area (Å²) in [6.45, 7) is 2.56. The summed E-state index contributed by atoms with van der Waals surface area (Å²) in [4.78, 5) is 18.0. The maximum absolute atomic E-state index is 12.5. The van der Waals surface area contributed by atoms with Crippen LogP contribution in [0.1, 0.15) is 37.1 Å². The number of aromatic amines is 1. The van der Waals surface area contributed by atoms with Gasteiger partial charge in [-0.15, -0.1) is 0 Å². The number of aromatic nitrogens is 1. The minimum atomic E-state index is -0.414. The first kappa shape index (κ1) is 12.9. The highest BCUT2D eigenvalue weighted by Crippen LogP contribution is 2.43. The maximum Gasteiger partial charge on any atom is 0.226 e. The van der Waals surface area contributed by atoms with Crippen molar-refractivity contribution < 1.29 is 9.90 Å². The van der Waals surface area contributed by atoms with Crippen LogP contribution < -0.4 is 0 Å². The Hall–Kier alpha value is -1.81. The molecule has 21 heavy (non-hydrogen) atoms. The summed E-state index contributed by atoms with van der Waals surface area (Å²) >= 11 is 0. The smallest absolute Gasteiger partial charge is 0.226 e. The Kier molecular flexibility index (Phi) is 2.82. The fraction of sp³-hybridized carbons (Fsp3) is 0.471. The molecule has 4 heteroatoms. The highest BCUT2D eigenvalue weighted by atomic mass is 16.3. The monoisotopic (exact) mass is 284 g/mol. The first-order valence-electron chi connectivity index (χ1n) is 7.73. The topological polar surface area (TPSA) is 56.3 Å². The van der Waals surface area contributed by atoms with Crippen LogP contribution in [0.25, 0.3) is 10.9 Å². The Bertz CT molecular complexity index is 704. The van der Waals surface area contributed by atoms with Gasteiger partial charge in [0.05, 0.1) is 12.1 Å². The summed E-state index contributed by atoms with van der Waals surface area (Å²) in [6.07, 6.45) is 1.90. The van der Waals surface area contributed by atoms with Crippen LogP contribution >= 0.6 is 0 Å². The average Bonchev–Trinajstić information content (AvgIpc) is 2.98. The number of hydrogen-bond acceptors (Lipinski definition) is 2. The van der Waals surface area contributed by atoms with E-state index in [-0.39, 0.29) is 17.9 Å². The van der Waals surface area contributed by atoms with Crippen molar-refractivity contribution in [1.82, 2.24) is 9.88 Å². The van der Waals surface area contributed by atoms with Crippen molar-refractivity contribution in [2.45, 2.75) is 38.3 Å². The molecule has 0 saturated carbocycles. The lowest BCUT2D eigenvalue weighted by molar-refractivity contribution is -0.133. The molecule has 3 heterocycles. The zero-order chi connectivity index (χ0) is 14.6. The summed E-state index contributed by atoms with van der Waals surface area (Å²) < 4.78 is 0. The van der Waals surface area contributed by atoms with Crippen molar-refractivity contribution in [2.75, 3.05) is 6.54 Å². The minimum Gasteiger partial charge on any atom is -0.393 e. The number of nitrogens with one attached hydrogen (secondary N) is 1. The number of H-pyrrole nitrogens is 1. The normalized spacial score (nSPS) is 26.0. The number of para-hydroxylation sites is 1. The van der Waals surface area contributed by atoms with Gasteiger partial charge in [0, 0.05) is 29.1 Å². The van der Waals surface area contributed by atoms with Crippen molar-refractivity contribution >= 4 is 16.8 Å². The second-order valence-corrected chi connectivity index (χ2v) is 6.38. The number of amides is 1. The van der Waals surface area contributed by atoms with Gasteiger partial charge in [-0.05, 0) is 37.8 Å². The fourth-order valence-corrected chi connectivity index (χ4v) is 4.04. The van der Waals surface area contributed by atoms with Gasteiger partial charge in [0.15, 0.2) is 0 Å². The number of benzene rings is 1. The Morgan fingerprint density at radius 1 is 1.43 bits per heavy atom. The van der Waals surface area contributed by atoms with Crippen LogP contribution in [0.5, 0.6) is 0 Å². The van der Waals surface area contributed by atoms with Crippen LogP contribution in [0, 0.1) is 5.92 Å². The van der Waals surface area contributed by atoms with Gasteiger partial charge in [0.2, 0.25) is 5.91 Å². The van der Waals surface area contributed by atoms with Crippen molar-refractivity contribution in [2.24, 2.45) is 5.92 Å². The second kappa shape index (κ2) is 4.60. The summed E-state index contributed by atoms with van der Waals surface area (Å²) in [5, 5.41) is 10.9. The summed E-state index contributed by atoms with van der Waals surface area (Å²) in [5.74, 6) is 0.178. The highest BCUT2D eigenvalue weighted by Gasteiger charge is 2.43. The van der Waals surface area contributed by atoms with E-state index in [1.54, 1.807) is 6.92 Å². The molecule has 2 aliphatic rings. The lowest BCUT2D eigenvalue weighted by Crippen LogP contribution is -2.35. The Morgan fingerprint density at radius 2 is 2.24 bits per heavy atom. The number of carbonyl (C=O) groups is 1. The molecule has 1 fully saturated rings. The van der Waals surface area contributed by atoms with E-state index in [9.17, 15) is 9.90 Å². The standard InChI is InChI=1S/C17H20N2O2/c1-10(20)8-11-9-15-16-13(6-7-19(15)17(11)21)12-4-2-3-5-14(12)18-16/h2-5,10-11,15,18,20H,6-9H2,1H3. The van der Waals surface area contributed by atoms with E-state index in [0.29, 0.717) is 6.42 Å². The van der Waals surface area contributed by atoms with Crippen LogP contribution in [0.4, 0.5) is 0 Å². The molecule has 110 valence electrons. The molecule has 1 aromatic heterocycles. The Balaban J connectivity index is 1.74. The van der Waals surface area contributed by atoms with Crippen molar-refractivity contribution in [3.8, 4) is 0 Å². The SMILES string of the molecule is CC(O)CC1CC2c3[nH]c4ccccc4c3CCN2C1=O. The van der Waals surface area contributed by atoms with Crippen molar-refractivity contribution in [1.29, 1.82) is 0 Å². The Morgan fingerprint density at radius 3 is 3.05 bits per heavy atom. The molecule has 1 amide bonds. The molecule has 3 atom stereocenters. The number of nitrogens with zero attached hydrogens (tertiary/aromatic N) is 1. The third-order valence-electron chi connectivity index (χ3n) is 4.92. The molecule has 1 saturated heterocycles. The molecule has 3 unspecified atom stereocenters. The van der Waals surface area contributed by atoms with E-state index in [1.165, 1.54) is 16.6 Å². The zero-order valence-electron chi connectivity index (χ0n) is 12.2. The third-order valence-corrected chi connectivity index (χ3v) is 4.92. The highest BCUT2D eigenvalue weighted by molar-refractivity contribution is 5.87. The predicted octanol–water partition coefficient (Wildman–Crippen LogP) is 2.38. The molecule has 0 aliphatic carbocycles. The van der Waals surface area contributed by atoms with Crippen LogP contribution in [0.15, 0.2) is 24.3 Å². The van der Waals surface area contributed by atoms with E-state index >= 15 is 0 Å². The third kappa shape index (κ3) is 1.89. The number of carbonyl (C=O) groups excluding carboxylic acids is 1. The maximum atomic E-state index is 12.5. The average molecular weight is 284 g/mol. The lowest BCUT2D eigenvalue weighted by Gasteiger charge is -2.29. The van der Waals surface area contributed by atoms with E-state index in [4.69, 9.17) is 0 Å². The molecule has 4 nitrogen and oxygen atoms in total. The number of rotatable bonds is 2. The van der Waals surface area contributed by atoms with Gasteiger partial charge in [0.1, 0.15) is 0 Å². The van der Waals surface area contributed by atoms with Gasteiger partial charge >= 0.3 is 0 Å². The van der Waals surface area contributed by atoms with Crippen LogP contribution in [0.3, 0.4) is 0 Å². The van der Waals surface area contributed by atoms with Crippen molar-refractivity contribution in [3.63, 3.8) is 0 Å². The molecular weight excluding hydrogens is 264 g/mol. The van der Waals surface area contributed by atoms with Crippen molar-refractivity contribution in [3.05, 3.63) is 35.5 Å². The van der Waals surface area contributed by atoms with Crippen LogP contribution in [0.2, 0.25) is 0 Å². The number of fused-ring (bicyclic) bond motifs is 5. The molecule has 1 aromatic carbocycles. The first-order valence-corrected chi connectivity index (χ1v) is 7.73. The van der Waals surface area contributed by atoms with Gasteiger partial charge in [0.25, 0.3) is 0 Å². The molecule has 0 bridgehead atoms. The van der Waals surface area contributed by atoms with Crippen LogP contribution in [-0.2, 0) is 11.2 Å². The number of aliphatic hydroxyl groups excluding tert-OH is 1. The van der Waals surface area contributed by atoms with Gasteiger partial charge in [-0.3, -0.25) is 4.79 Å². The van der Waals surface area contributed by atoms with E-state index in [0.717, 1.165) is 24.9 Å². The quantitative estimate of drug-likeness (QED) is 0.889. The summed E-state index contributed by atoms with van der Waals surface area (Å²) in [5.41, 5.74) is 3.75. The van der Waals surface area contributed by atoms with Gasteiger partial charge in [-0.25, -0.2) is 0 Å². The molecule has 2 aromatic rings. The molecule has 4 rings (SSSR count). The first-order chi connectivity index (χ1) is 10.1. The lowest BCUT2D eigenvalue weighted by atomic mass is 9.94. The predicted molar refractivity (Wildman–Crippen MR) is 80.9 cm³/mol.